The average Bonchev–Trinajstić information content (AvgIpc) is 2.78. The minimum atomic E-state index is 0.0988. The molecule has 1 fully saturated rings. The Hall–Kier alpha value is -3.02. The Kier molecular flexibility index (Phi) is 7.11. The van der Waals surface area contributed by atoms with Crippen LogP contribution in [0.3, 0.4) is 0 Å². The fourth-order valence-corrected chi connectivity index (χ4v) is 3.48. The van der Waals surface area contributed by atoms with Crippen LogP contribution in [0.25, 0.3) is 0 Å². The quantitative estimate of drug-likeness (QED) is 0.723. The van der Waals surface area contributed by atoms with E-state index in [0.29, 0.717) is 45.6 Å². The van der Waals surface area contributed by atoms with E-state index in [1.807, 2.05) is 76.3 Å². The molecule has 0 spiro atoms. The predicted octanol–water partition coefficient (Wildman–Crippen LogP) is 2.43. The largest absolute Gasteiger partial charge is 0.497 e. The van der Waals surface area contributed by atoms with Crippen LogP contribution < -0.4 is 9.64 Å². The van der Waals surface area contributed by atoms with Crippen molar-refractivity contribution in [1.82, 2.24) is 9.80 Å². The minimum Gasteiger partial charge on any atom is -0.497 e. The maximum absolute atomic E-state index is 12.6. The lowest BCUT2D eigenvalue weighted by Gasteiger charge is -2.35. The molecule has 0 N–H and O–H groups in total. The second-order valence-corrected chi connectivity index (χ2v) is 7.30. The van der Waals surface area contributed by atoms with Crippen LogP contribution in [-0.4, -0.2) is 68.5 Å². The van der Waals surface area contributed by atoms with Crippen LogP contribution >= 0.6 is 0 Å². The Labute approximate surface area is 172 Å². The fourth-order valence-electron chi connectivity index (χ4n) is 3.48. The van der Waals surface area contributed by atoms with Crippen molar-refractivity contribution in [3.63, 3.8) is 0 Å². The Balaban J connectivity index is 1.42. The maximum atomic E-state index is 12.6. The molecule has 1 aliphatic rings. The lowest BCUT2D eigenvalue weighted by Crippen LogP contribution is -2.52. The van der Waals surface area contributed by atoms with E-state index in [1.54, 1.807) is 7.11 Å². The van der Waals surface area contributed by atoms with E-state index in [9.17, 15) is 9.59 Å². The highest BCUT2D eigenvalue weighted by Gasteiger charge is 2.24. The fraction of sp³-hybridized carbons (Fsp3) is 0.391. The number of carbonyl (C=O) groups is 2. The summed E-state index contributed by atoms with van der Waals surface area (Å²) in [6.07, 6.45) is 1.20. The van der Waals surface area contributed by atoms with Gasteiger partial charge in [-0.05, 0) is 36.2 Å². The maximum Gasteiger partial charge on any atom is 0.242 e. The number of anilines is 1. The minimum absolute atomic E-state index is 0.0988. The standard InChI is InChI=1S/C23H29N3O3/c1-24(20-6-4-3-5-7-20)18-23(28)26-16-14-25(15-17-26)22(27)13-10-19-8-11-21(29-2)12-9-19/h3-9,11-12H,10,13-18H2,1-2H3. The SMILES string of the molecule is COc1ccc(CCC(=O)N2CCN(C(=O)CN(C)c3ccccc3)CC2)cc1. The van der Waals surface area contributed by atoms with Gasteiger partial charge in [0, 0.05) is 45.3 Å². The molecule has 3 rings (SSSR count). The van der Waals surface area contributed by atoms with Crippen molar-refractivity contribution in [3.8, 4) is 5.75 Å². The van der Waals surface area contributed by atoms with Crippen molar-refractivity contribution < 1.29 is 14.3 Å². The first-order valence-electron chi connectivity index (χ1n) is 10.0. The number of piperazine rings is 1. The van der Waals surface area contributed by atoms with Gasteiger partial charge in [-0.25, -0.2) is 0 Å². The summed E-state index contributed by atoms with van der Waals surface area (Å²) in [5, 5.41) is 0. The first kappa shape index (κ1) is 20.7. The molecule has 1 heterocycles. The number of amides is 2. The Morgan fingerprint density at radius 3 is 2.07 bits per heavy atom. The Morgan fingerprint density at radius 2 is 1.48 bits per heavy atom. The molecule has 0 atom stereocenters. The van der Waals surface area contributed by atoms with E-state index in [1.165, 1.54) is 0 Å². The number of rotatable bonds is 7. The molecular weight excluding hydrogens is 366 g/mol. The molecule has 1 saturated heterocycles. The lowest BCUT2D eigenvalue weighted by molar-refractivity contribution is -0.138. The summed E-state index contributed by atoms with van der Waals surface area (Å²) >= 11 is 0. The molecule has 29 heavy (non-hydrogen) atoms. The van der Waals surface area contributed by atoms with Gasteiger partial charge in [0.25, 0.3) is 0 Å². The van der Waals surface area contributed by atoms with E-state index < -0.39 is 0 Å². The zero-order chi connectivity index (χ0) is 20.6. The van der Waals surface area contributed by atoms with Crippen LogP contribution in [0, 0.1) is 0 Å². The number of likely N-dealkylation sites (N-methyl/N-ethyl adjacent to an activating group) is 1. The highest BCUT2D eigenvalue weighted by molar-refractivity contribution is 5.82. The summed E-state index contributed by atoms with van der Waals surface area (Å²) in [4.78, 5) is 30.8. The number of hydrogen-bond donors (Lipinski definition) is 0. The Morgan fingerprint density at radius 1 is 0.897 bits per heavy atom. The van der Waals surface area contributed by atoms with Crippen molar-refractivity contribution in [1.29, 1.82) is 0 Å². The van der Waals surface area contributed by atoms with Crippen molar-refractivity contribution >= 4 is 17.5 Å². The zero-order valence-electron chi connectivity index (χ0n) is 17.2. The molecule has 2 amide bonds. The molecular formula is C23H29N3O3. The molecule has 0 bridgehead atoms. The van der Waals surface area contributed by atoms with Crippen molar-refractivity contribution in [3.05, 3.63) is 60.2 Å². The summed E-state index contributed by atoms with van der Waals surface area (Å²) < 4.78 is 5.16. The summed E-state index contributed by atoms with van der Waals surface area (Å²) in [6.45, 7) is 2.73. The third-order valence-corrected chi connectivity index (χ3v) is 5.34. The summed E-state index contributed by atoms with van der Waals surface area (Å²) in [7, 11) is 3.56. The van der Waals surface area contributed by atoms with Crippen LogP contribution in [0.5, 0.6) is 5.75 Å². The molecule has 1 aliphatic heterocycles. The van der Waals surface area contributed by atoms with Gasteiger partial charge >= 0.3 is 0 Å². The van der Waals surface area contributed by atoms with E-state index in [0.717, 1.165) is 17.0 Å². The summed E-state index contributed by atoms with van der Waals surface area (Å²) in [6, 6.07) is 17.7. The van der Waals surface area contributed by atoms with Crippen LogP contribution in [-0.2, 0) is 16.0 Å². The number of nitrogens with zero attached hydrogens (tertiary/aromatic N) is 3. The molecule has 0 radical (unpaired) electrons. The number of carbonyl (C=O) groups excluding carboxylic acids is 2. The van der Waals surface area contributed by atoms with Gasteiger partial charge in [0.2, 0.25) is 11.8 Å². The van der Waals surface area contributed by atoms with Crippen LogP contribution in [0.4, 0.5) is 5.69 Å². The monoisotopic (exact) mass is 395 g/mol. The highest BCUT2D eigenvalue weighted by atomic mass is 16.5. The summed E-state index contributed by atoms with van der Waals surface area (Å²) in [5.74, 6) is 1.06. The van der Waals surface area contributed by atoms with E-state index in [4.69, 9.17) is 4.74 Å². The molecule has 0 aromatic heterocycles. The highest BCUT2D eigenvalue weighted by Crippen LogP contribution is 2.14. The van der Waals surface area contributed by atoms with Crippen LogP contribution in [0.2, 0.25) is 0 Å². The average molecular weight is 396 g/mol. The molecule has 0 saturated carbocycles. The first-order valence-corrected chi connectivity index (χ1v) is 10.0. The van der Waals surface area contributed by atoms with Crippen molar-refractivity contribution in [2.45, 2.75) is 12.8 Å². The molecule has 2 aromatic carbocycles. The van der Waals surface area contributed by atoms with Gasteiger partial charge in [-0.3, -0.25) is 9.59 Å². The Bertz CT molecular complexity index is 800. The van der Waals surface area contributed by atoms with Gasteiger partial charge in [0.05, 0.1) is 13.7 Å². The van der Waals surface area contributed by atoms with Crippen LogP contribution in [0.1, 0.15) is 12.0 Å². The molecule has 154 valence electrons. The van der Waals surface area contributed by atoms with Crippen LogP contribution in [0.15, 0.2) is 54.6 Å². The smallest absolute Gasteiger partial charge is 0.242 e. The van der Waals surface area contributed by atoms with E-state index >= 15 is 0 Å². The summed E-state index contributed by atoms with van der Waals surface area (Å²) in [5.41, 5.74) is 2.14. The number of benzene rings is 2. The molecule has 0 aliphatic carbocycles. The number of methoxy groups -OCH3 is 1. The number of ether oxygens (including phenoxy) is 1. The topological polar surface area (TPSA) is 53.1 Å². The van der Waals surface area contributed by atoms with Gasteiger partial charge in [-0.1, -0.05) is 30.3 Å². The van der Waals surface area contributed by atoms with E-state index in [2.05, 4.69) is 0 Å². The van der Waals surface area contributed by atoms with Crippen molar-refractivity contribution in [2.75, 3.05) is 51.8 Å². The van der Waals surface area contributed by atoms with Gasteiger partial charge in [0.1, 0.15) is 5.75 Å². The second-order valence-electron chi connectivity index (χ2n) is 7.30. The van der Waals surface area contributed by atoms with Gasteiger partial charge in [0.15, 0.2) is 0 Å². The predicted molar refractivity (Wildman–Crippen MR) is 114 cm³/mol. The third-order valence-electron chi connectivity index (χ3n) is 5.34. The second kappa shape index (κ2) is 9.96. The molecule has 2 aromatic rings. The zero-order valence-corrected chi connectivity index (χ0v) is 17.2. The third kappa shape index (κ3) is 5.73. The number of hydrogen-bond acceptors (Lipinski definition) is 4. The van der Waals surface area contributed by atoms with Crippen molar-refractivity contribution in [2.24, 2.45) is 0 Å². The molecule has 6 heteroatoms. The normalized spacial score (nSPS) is 13.9. The first-order chi connectivity index (χ1) is 14.1. The van der Waals surface area contributed by atoms with Gasteiger partial charge < -0.3 is 19.4 Å². The molecule has 0 unspecified atom stereocenters. The number of para-hydroxylation sites is 1. The van der Waals surface area contributed by atoms with Gasteiger partial charge in [-0.15, -0.1) is 0 Å². The number of aryl methyl sites for hydroxylation is 1. The van der Waals surface area contributed by atoms with Gasteiger partial charge in [-0.2, -0.15) is 0 Å². The molecule has 6 nitrogen and oxygen atoms in total. The van der Waals surface area contributed by atoms with E-state index in [-0.39, 0.29) is 11.8 Å². The lowest BCUT2D eigenvalue weighted by atomic mass is 10.1.